The van der Waals surface area contributed by atoms with Gasteiger partial charge in [0.2, 0.25) is 0 Å². The summed E-state index contributed by atoms with van der Waals surface area (Å²) in [5.74, 6) is 3.11. The van der Waals surface area contributed by atoms with Crippen LogP contribution >= 0.6 is 0 Å². The minimum atomic E-state index is -4.38. The molecule has 0 spiro atoms. The Morgan fingerprint density at radius 3 is 2.15 bits per heavy atom. The number of hydrogen-bond donors (Lipinski definition) is 0. The molecule has 0 fully saturated rings. The zero-order chi connectivity index (χ0) is 23.9. The lowest BCUT2D eigenvalue weighted by Crippen LogP contribution is -2.24. The highest BCUT2D eigenvalue weighted by molar-refractivity contribution is 5.38. The van der Waals surface area contributed by atoms with Gasteiger partial charge in [0.1, 0.15) is 5.75 Å². The zero-order valence-corrected chi connectivity index (χ0v) is 18.5. The molecule has 0 N–H and O–H groups in total. The van der Waals surface area contributed by atoms with Crippen LogP contribution in [0.15, 0.2) is 72.8 Å². The van der Waals surface area contributed by atoms with Gasteiger partial charge in [-0.25, -0.2) is 4.39 Å². The highest BCUT2D eigenvalue weighted by Gasteiger charge is 2.33. The Labute approximate surface area is 192 Å². The number of alkyl halides is 3. The first-order valence-electron chi connectivity index (χ1n) is 10.9. The van der Waals surface area contributed by atoms with E-state index in [4.69, 9.17) is 11.2 Å². The van der Waals surface area contributed by atoms with Crippen LogP contribution in [0.1, 0.15) is 49.3 Å². The quantitative estimate of drug-likeness (QED) is 0.233. The molecule has 0 aliphatic heterocycles. The number of aryl methyl sites for hydroxylation is 1. The van der Waals surface area contributed by atoms with Gasteiger partial charge in [-0.2, -0.15) is 13.2 Å². The minimum absolute atomic E-state index is 0.151. The molecule has 0 heterocycles. The molecule has 0 amide bonds. The van der Waals surface area contributed by atoms with Crippen LogP contribution in [0.25, 0.3) is 0 Å². The number of hydrogen-bond acceptors (Lipinski definition) is 1. The molecule has 1 atom stereocenters. The van der Waals surface area contributed by atoms with Gasteiger partial charge in [0.15, 0.2) is 11.6 Å². The van der Waals surface area contributed by atoms with Crippen molar-refractivity contribution >= 4 is 0 Å². The SMILES string of the molecule is C#CC(CCC)(CCCc1ccc(F)c(Oc2ccccc2)c1)c1ccc(C(F)(F)F)cc1. The monoisotopic (exact) mass is 454 g/mol. The molecule has 1 unspecified atom stereocenters. The van der Waals surface area contributed by atoms with Crippen LogP contribution in [-0.4, -0.2) is 0 Å². The standard InChI is InChI=1S/C28H26F4O/c1-3-18-27(4-2,22-13-15-23(16-14-22)28(30,31)32)19-8-9-21-12-17-25(29)26(20-21)33-24-10-6-5-7-11-24/h2,5-7,10-17,20H,3,8-9,18-19H2,1H3. The largest absolute Gasteiger partial charge is 0.454 e. The van der Waals surface area contributed by atoms with Gasteiger partial charge in [-0.05, 0) is 73.2 Å². The first-order valence-corrected chi connectivity index (χ1v) is 10.9. The van der Waals surface area contributed by atoms with Gasteiger partial charge in [0.05, 0.1) is 11.0 Å². The molecular weight excluding hydrogens is 428 g/mol. The number of ether oxygens (including phenoxy) is 1. The van der Waals surface area contributed by atoms with Crippen molar-refractivity contribution < 1.29 is 22.3 Å². The summed E-state index contributed by atoms with van der Waals surface area (Å²) in [6.07, 6.45) is 4.94. The van der Waals surface area contributed by atoms with Crippen molar-refractivity contribution in [3.8, 4) is 23.8 Å². The lowest BCUT2D eigenvalue weighted by molar-refractivity contribution is -0.137. The average Bonchev–Trinajstić information content (AvgIpc) is 2.81. The normalized spacial score (nSPS) is 13.2. The summed E-state index contributed by atoms with van der Waals surface area (Å²) >= 11 is 0. The molecule has 5 heteroatoms. The van der Waals surface area contributed by atoms with Gasteiger partial charge < -0.3 is 4.74 Å². The number of para-hydroxylation sites is 1. The maximum Gasteiger partial charge on any atom is 0.416 e. The zero-order valence-electron chi connectivity index (χ0n) is 18.5. The van der Waals surface area contributed by atoms with E-state index in [1.165, 1.54) is 18.2 Å². The summed E-state index contributed by atoms with van der Waals surface area (Å²) in [6.45, 7) is 2.00. The molecule has 0 aromatic heterocycles. The molecule has 0 saturated heterocycles. The Bertz CT molecular complexity index is 1080. The van der Waals surface area contributed by atoms with Crippen molar-refractivity contribution in [3.63, 3.8) is 0 Å². The van der Waals surface area contributed by atoms with Crippen molar-refractivity contribution in [1.29, 1.82) is 0 Å². The predicted octanol–water partition coefficient (Wildman–Crippen LogP) is 8.33. The Kier molecular flexibility index (Phi) is 7.81. The van der Waals surface area contributed by atoms with Crippen LogP contribution in [-0.2, 0) is 18.0 Å². The summed E-state index contributed by atoms with van der Waals surface area (Å²) in [5.41, 5.74) is 0.276. The Morgan fingerprint density at radius 1 is 0.879 bits per heavy atom. The van der Waals surface area contributed by atoms with Gasteiger partial charge in [-0.1, -0.05) is 55.7 Å². The summed E-state index contributed by atoms with van der Waals surface area (Å²) in [5, 5.41) is 0. The van der Waals surface area contributed by atoms with Crippen molar-refractivity contribution in [1.82, 2.24) is 0 Å². The fourth-order valence-electron chi connectivity index (χ4n) is 4.04. The van der Waals surface area contributed by atoms with E-state index in [-0.39, 0.29) is 5.75 Å². The predicted molar refractivity (Wildman–Crippen MR) is 123 cm³/mol. The third-order valence-corrected chi connectivity index (χ3v) is 5.75. The van der Waals surface area contributed by atoms with Crippen LogP contribution in [0.4, 0.5) is 17.6 Å². The maximum atomic E-state index is 14.2. The van der Waals surface area contributed by atoms with Crippen LogP contribution < -0.4 is 4.74 Å². The second-order valence-corrected chi connectivity index (χ2v) is 8.08. The molecule has 3 rings (SSSR count). The number of terminal acetylenes is 1. The van der Waals surface area contributed by atoms with E-state index in [2.05, 4.69) is 5.92 Å². The maximum absolute atomic E-state index is 14.2. The van der Waals surface area contributed by atoms with Crippen LogP contribution in [0.5, 0.6) is 11.5 Å². The van der Waals surface area contributed by atoms with E-state index < -0.39 is 23.0 Å². The van der Waals surface area contributed by atoms with Gasteiger partial charge >= 0.3 is 6.18 Å². The first-order chi connectivity index (χ1) is 15.8. The smallest absolute Gasteiger partial charge is 0.416 e. The summed E-state index contributed by atoms with van der Waals surface area (Å²) in [6, 6.07) is 18.9. The fourth-order valence-corrected chi connectivity index (χ4v) is 4.04. The third kappa shape index (κ3) is 6.16. The van der Waals surface area contributed by atoms with E-state index in [1.54, 1.807) is 24.3 Å². The molecule has 3 aromatic carbocycles. The minimum Gasteiger partial charge on any atom is -0.454 e. The highest BCUT2D eigenvalue weighted by Crippen LogP contribution is 2.37. The molecule has 0 bridgehead atoms. The molecule has 0 saturated carbocycles. The fraction of sp³-hybridized carbons (Fsp3) is 0.286. The van der Waals surface area contributed by atoms with Gasteiger partial charge in [-0.15, -0.1) is 6.42 Å². The van der Waals surface area contributed by atoms with Crippen LogP contribution in [0.2, 0.25) is 0 Å². The lowest BCUT2D eigenvalue weighted by atomic mass is 9.73. The second-order valence-electron chi connectivity index (χ2n) is 8.08. The Balaban J connectivity index is 1.73. The second kappa shape index (κ2) is 10.6. The van der Waals surface area contributed by atoms with E-state index in [1.807, 2.05) is 25.1 Å². The molecular formula is C28H26F4O. The van der Waals surface area contributed by atoms with Crippen molar-refractivity contribution in [2.75, 3.05) is 0 Å². The van der Waals surface area contributed by atoms with Crippen molar-refractivity contribution in [2.45, 2.75) is 50.6 Å². The highest BCUT2D eigenvalue weighted by atomic mass is 19.4. The molecule has 0 aliphatic carbocycles. The van der Waals surface area contributed by atoms with Crippen LogP contribution in [0.3, 0.4) is 0 Å². The molecule has 172 valence electrons. The van der Waals surface area contributed by atoms with E-state index in [0.29, 0.717) is 37.0 Å². The number of halogens is 4. The van der Waals surface area contributed by atoms with E-state index >= 15 is 0 Å². The van der Waals surface area contributed by atoms with Gasteiger partial charge in [0, 0.05) is 0 Å². The first kappa shape index (κ1) is 24.4. The summed E-state index contributed by atoms with van der Waals surface area (Å²) in [4.78, 5) is 0. The molecule has 33 heavy (non-hydrogen) atoms. The number of rotatable bonds is 9. The average molecular weight is 455 g/mol. The lowest BCUT2D eigenvalue weighted by Gasteiger charge is -2.29. The van der Waals surface area contributed by atoms with Crippen LogP contribution in [0, 0.1) is 18.2 Å². The van der Waals surface area contributed by atoms with Gasteiger partial charge in [-0.3, -0.25) is 0 Å². The van der Waals surface area contributed by atoms with Crippen molar-refractivity contribution in [2.24, 2.45) is 0 Å². The summed E-state index contributed by atoms with van der Waals surface area (Å²) < 4.78 is 58.8. The van der Waals surface area contributed by atoms with Gasteiger partial charge in [0.25, 0.3) is 0 Å². The Hall–Kier alpha value is -3.26. The van der Waals surface area contributed by atoms with Crippen molar-refractivity contribution in [3.05, 3.63) is 95.3 Å². The van der Waals surface area contributed by atoms with E-state index in [9.17, 15) is 17.6 Å². The Morgan fingerprint density at radius 2 is 1.55 bits per heavy atom. The molecule has 3 aromatic rings. The number of benzene rings is 3. The topological polar surface area (TPSA) is 9.23 Å². The molecule has 1 nitrogen and oxygen atoms in total. The van der Waals surface area contributed by atoms with E-state index in [0.717, 1.165) is 24.1 Å². The molecule has 0 radical (unpaired) electrons. The molecule has 0 aliphatic rings. The third-order valence-electron chi connectivity index (χ3n) is 5.75. The summed E-state index contributed by atoms with van der Waals surface area (Å²) in [7, 11) is 0.